The number of nitrogens with zero attached hydrogens (tertiary/aromatic N) is 2. The van der Waals surface area contributed by atoms with Gasteiger partial charge in [0.1, 0.15) is 0 Å². The number of hydrogen-bond acceptors (Lipinski definition) is 2. The Morgan fingerprint density at radius 2 is 2.00 bits per heavy atom. The van der Waals surface area contributed by atoms with Crippen molar-refractivity contribution in [3.63, 3.8) is 0 Å². The Kier molecular flexibility index (Phi) is 8.67. The zero-order valence-corrected chi connectivity index (χ0v) is 13.9. The molecule has 0 amide bonds. The molecular formula is C16H34N4. The van der Waals surface area contributed by atoms with Crippen molar-refractivity contribution >= 4 is 5.96 Å². The van der Waals surface area contributed by atoms with Crippen molar-refractivity contribution in [3.8, 4) is 0 Å². The van der Waals surface area contributed by atoms with Crippen molar-refractivity contribution < 1.29 is 0 Å². The third kappa shape index (κ3) is 6.12. The second kappa shape index (κ2) is 10.0. The summed E-state index contributed by atoms with van der Waals surface area (Å²) in [6.45, 7) is 12.5. The van der Waals surface area contributed by atoms with E-state index in [2.05, 4.69) is 41.3 Å². The van der Waals surface area contributed by atoms with Crippen molar-refractivity contribution in [3.05, 3.63) is 0 Å². The van der Waals surface area contributed by atoms with Gasteiger partial charge in [-0.25, -0.2) is 0 Å². The van der Waals surface area contributed by atoms with Gasteiger partial charge in [-0.3, -0.25) is 4.99 Å². The van der Waals surface area contributed by atoms with E-state index < -0.39 is 0 Å². The van der Waals surface area contributed by atoms with Gasteiger partial charge in [0.25, 0.3) is 0 Å². The second-order valence-corrected chi connectivity index (χ2v) is 5.92. The van der Waals surface area contributed by atoms with E-state index in [1.165, 1.54) is 45.3 Å². The largest absolute Gasteiger partial charge is 0.356 e. The summed E-state index contributed by atoms with van der Waals surface area (Å²) in [6, 6.07) is 0. The number of nitrogens with one attached hydrogen (secondary N) is 2. The summed E-state index contributed by atoms with van der Waals surface area (Å²) in [4.78, 5) is 6.88. The van der Waals surface area contributed by atoms with E-state index in [0.29, 0.717) is 0 Å². The molecule has 0 bridgehead atoms. The first-order valence-corrected chi connectivity index (χ1v) is 8.40. The molecule has 0 saturated carbocycles. The van der Waals surface area contributed by atoms with E-state index in [4.69, 9.17) is 0 Å². The van der Waals surface area contributed by atoms with Crippen LogP contribution >= 0.6 is 0 Å². The predicted molar refractivity (Wildman–Crippen MR) is 88.3 cm³/mol. The normalized spacial score (nSPS) is 21.2. The van der Waals surface area contributed by atoms with Gasteiger partial charge in [-0.05, 0) is 37.8 Å². The molecule has 0 aromatic carbocycles. The van der Waals surface area contributed by atoms with Crippen molar-refractivity contribution in [1.29, 1.82) is 0 Å². The van der Waals surface area contributed by atoms with Crippen LogP contribution in [0.3, 0.4) is 0 Å². The van der Waals surface area contributed by atoms with Gasteiger partial charge < -0.3 is 15.5 Å². The first-order valence-electron chi connectivity index (χ1n) is 8.40. The quantitative estimate of drug-likeness (QED) is 0.556. The van der Waals surface area contributed by atoms with Crippen molar-refractivity contribution in [2.45, 2.75) is 46.5 Å². The summed E-state index contributed by atoms with van der Waals surface area (Å²) in [5.41, 5.74) is 0. The summed E-state index contributed by atoms with van der Waals surface area (Å²) in [6.07, 6.45) is 5.14. The number of hydrogen-bond donors (Lipinski definition) is 2. The summed E-state index contributed by atoms with van der Waals surface area (Å²) in [5, 5.41) is 6.96. The summed E-state index contributed by atoms with van der Waals surface area (Å²) in [7, 11) is 1.86. The number of piperidine rings is 1. The Morgan fingerprint density at radius 3 is 2.60 bits per heavy atom. The highest BCUT2D eigenvalue weighted by atomic mass is 15.2. The van der Waals surface area contributed by atoms with E-state index in [1.54, 1.807) is 0 Å². The lowest BCUT2D eigenvalue weighted by atomic mass is 9.98. The van der Waals surface area contributed by atoms with Crippen LogP contribution in [0.2, 0.25) is 0 Å². The molecule has 2 N–H and O–H groups in total. The number of likely N-dealkylation sites (tertiary alicyclic amines) is 1. The highest BCUT2D eigenvalue weighted by Gasteiger charge is 2.18. The average Bonchev–Trinajstić information content (AvgIpc) is 2.51. The van der Waals surface area contributed by atoms with Crippen LogP contribution in [0.1, 0.15) is 46.5 Å². The molecule has 1 saturated heterocycles. The third-order valence-corrected chi connectivity index (χ3v) is 4.54. The van der Waals surface area contributed by atoms with Crippen LogP contribution in [0, 0.1) is 11.8 Å². The molecule has 1 fully saturated rings. The molecule has 20 heavy (non-hydrogen) atoms. The molecule has 0 aromatic rings. The molecule has 0 aromatic heterocycles. The highest BCUT2D eigenvalue weighted by Crippen LogP contribution is 2.15. The summed E-state index contributed by atoms with van der Waals surface area (Å²) < 4.78 is 0. The Hall–Kier alpha value is -0.770. The van der Waals surface area contributed by atoms with E-state index >= 15 is 0 Å². The van der Waals surface area contributed by atoms with Crippen LogP contribution in [0.5, 0.6) is 0 Å². The van der Waals surface area contributed by atoms with E-state index in [0.717, 1.165) is 30.9 Å². The van der Waals surface area contributed by atoms with E-state index in [-0.39, 0.29) is 0 Å². The van der Waals surface area contributed by atoms with E-state index in [9.17, 15) is 0 Å². The van der Waals surface area contributed by atoms with Crippen molar-refractivity contribution in [2.24, 2.45) is 16.8 Å². The van der Waals surface area contributed by atoms with Gasteiger partial charge in [-0.1, -0.05) is 33.6 Å². The summed E-state index contributed by atoms with van der Waals surface area (Å²) in [5.74, 6) is 2.47. The monoisotopic (exact) mass is 282 g/mol. The fourth-order valence-corrected chi connectivity index (χ4v) is 2.89. The van der Waals surface area contributed by atoms with Gasteiger partial charge in [-0.15, -0.1) is 0 Å². The van der Waals surface area contributed by atoms with Gasteiger partial charge in [0.2, 0.25) is 0 Å². The Bertz CT molecular complexity index is 274. The molecular weight excluding hydrogens is 248 g/mol. The minimum Gasteiger partial charge on any atom is -0.356 e. The summed E-state index contributed by atoms with van der Waals surface area (Å²) >= 11 is 0. The number of rotatable bonds is 7. The maximum absolute atomic E-state index is 4.33. The minimum absolute atomic E-state index is 0.749. The van der Waals surface area contributed by atoms with Gasteiger partial charge in [0.05, 0.1) is 0 Å². The Morgan fingerprint density at radius 1 is 1.25 bits per heavy atom. The zero-order valence-electron chi connectivity index (χ0n) is 13.9. The lowest BCUT2D eigenvalue weighted by Crippen LogP contribution is -2.45. The average molecular weight is 282 g/mol. The molecule has 4 nitrogen and oxygen atoms in total. The third-order valence-electron chi connectivity index (χ3n) is 4.54. The smallest absolute Gasteiger partial charge is 0.190 e. The minimum atomic E-state index is 0.749. The molecule has 1 heterocycles. The van der Waals surface area contributed by atoms with E-state index in [1.807, 2.05) is 7.05 Å². The molecule has 1 aliphatic rings. The van der Waals surface area contributed by atoms with Gasteiger partial charge >= 0.3 is 0 Å². The molecule has 0 radical (unpaired) electrons. The first kappa shape index (κ1) is 17.3. The Balaban J connectivity index is 2.27. The molecule has 1 unspecified atom stereocenters. The Labute approximate surface area is 125 Å². The fraction of sp³-hybridized carbons (Fsp3) is 0.938. The predicted octanol–water partition coefficient (Wildman–Crippen LogP) is 2.32. The van der Waals surface area contributed by atoms with Crippen molar-refractivity contribution in [1.82, 2.24) is 15.5 Å². The fourth-order valence-electron chi connectivity index (χ4n) is 2.89. The highest BCUT2D eigenvalue weighted by molar-refractivity contribution is 5.79. The molecule has 4 heteroatoms. The molecule has 1 aliphatic heterocycles. The number of aliphatic imine (C=N–C) groups is 1. The molecule has 1 atom stereocenters. The maximum Gasteiger partial charge on any atom is 0.190 e. The van der Waals surface area contributed by atoms with Crippen LogP contribution in [0.4, 0.5) is 0 Å². The van der Waals surface area contributed by atoms with Gasteiger partial charge in [0.15, 0.2) is 5.96 Å². The molecule has 0 spiro atoms. The topological polar surface area (TPSA) is 39.7 Å². The van der Waals surface area contributed by atoms with Gasteiger partial charge in [0, 0.05) is 26.7 Å². The van der Waals surface area contributed by atoms with Crippen LogP contribution < -0.4 is 10.6 Å². The molecule has 1 rings (SSSR count). The van der Waals surface area contributed by atoms with Gasteiger partial charge in [-0.2, -0.15) is 0 Å². The molecule has 118 valence electrons. The standard InChI is InChI=1S/C16H34N4/c1-5-14(6-2)11-18-16(17-4)19-12-15-9-8-10-20(7-3)13-15/h14-15H,5-13H2,1-4H3,(H2,17,18,19). The lowest BCUT2D eigenvalue weighted by Gasteiger charge is -2.32. The van der Waals surface area contributed by atoms with Crippen LogP contribution in [0.25, 0.3) is 0 Å². The lowest BCUT2D eigenvalue weighted by molar-refractivity contribution is 0.183. The second-order valence-electron chi connectivity index (χ2n) is 5.92. The number of guanidine groups is 1. The molecule has 0 aliphatic carbocycles. The SMILES string of the molecule is CCC(CC)CNC(=NC)NCC1CCCN(CC)C1. The van der Waals surface area contributed by atoms with Crippen LogP contribution in [-0.2, 0) is 0 Å². The first-order chi connectivity index (χ1) is 9.73. The zero-order chi connectivity index (χ0) is 14.8. The van der Waals surface area contributed by atoms with Crippen LogP contribution in [0.15, 0.2) is 4.99 Å². The van der Waals surface area contributed by atoms with Crippen molar-refractivity contribution in [2.75, 3.05) is 39.8 Å². The maximum atomic E-state index is 4.33. The van der Waals surface area contributed by atoms with Crippen LogP contribution in [-0.4, -0.2) is 50.6 Å².